The fourth-order valence-electron chi connectivity index (χ4n) is 2.03. The Balaban J connectivity index is 0.00000128. The zero-order chi connectivity index (χ0) is 10.8. The van der Waals surface area contributed by atoms with Crippen LogP contribution in [0.4, 0.5) is 0 Å². The lowest BCUT2D eigenvalue weighted by Gasteiger charge is -2.33. The Bertz CT molecular complexity index is 342. The largest absolute Gasteiger partial charge is 0.508 e. The van der Waals surface area contributed by atoms with E-state index in [4.69, 9.17) is 5.73 Å². The van der Waals surface area contributed by atoms with Crippen LogP contribution in [0.25, 0.3) is 0 Å². The van der Waals surface area contributed by atoms with Crippen molar-refractivity contribution >= 4 is 12.4 Å². The lowest BCUT2D eigenvalue weighted by atomic mass is 9.77. The van der Waals surface area contributed by atoms with Gasteiger partial charge in [0.1, 0.15) is 5.75 Å². The number of benzene rings is 1. The molecule has 0 radical (unpaired) electrons. The van der Waals surface area contributed by atoms with E-state index in [2.05, 4.69) is 0 Å². The second-order valence-corrected chi connectivity index (χ2v) is 4.27. The summed E-state index contributed by atoms with van der Waals surface area (Å²) in [5.41, 5.74) is 6.58. The van der Waals surface area contributed by atoms with Crippen LogP contribution in [0, 0.1) is 5.92 Å². The first-order chi connectivity index (χ1) is 7.20. The van der Waals surface area contributed by atoms with Gasteiger partial charge in [-0.3, -0.25) is 0 Å². The molecule has 3 nitrogen and oxygen atoms in total. The maximum Gasteiger partial charge on any atom is 0.120 e. The molecule has 4 N–H and O–H groups in total. The summed E-state index contributed by atoms with van der Waals surface area (Å²) < 4.78 is 0. The number of aromatic hydroxyl groups is 1. The molecule has 1 aromatic rings. The minimum absolute atomic E-state index is 0. The van der Waals surface area contributed by atoms with Crippen LogP contribution in [-0.4, -0.2) is 16.3 Å². The van der Waals surface area contributed by atoms with Crippen molar-refractivity contribution in [2.45, 2.75) is 31.4 Å². The zero-order valence-corrected chi connectivity index (χ0v) is 9.86. The van der Waals surface area contributed by atoms with E-state index in [0.29, 0.717) is 11.5 Å². The first-order valence-electron chi connectivity index (χ1n) is 5.41. The fraction of sp³-hybridized carbons (Fsp3) is 0.500. The quantitative estimate of drug-likeness (QED) is 0.761. The van der Waals surface area contributed by atoms with Crippen LogP contribution in [0.15, 0.2) is 24.3 Å². The van der Waals surface area contributed by atoms with Crippen molar-refractivity contribution in [3.05, 3.63) is 29.8 Å². The van der Waals surface area contributed by atoms with E-state index < -0.39 is 12.1 Å². The maximum atomic E-state index is 9.98. The van der Waals surface area contributed by atoms with E-state index in [1.54, 1.807) is 18.2 Å². The second kappa shape index (κ2) is 5.53. The number of phenols is 1. The molecule has 1 fully saturated rings. The Morgan fingerprint density at radius 3 is 2.38 bits per heavy atom. The minimum Gasteiger partial charge on any atom is -0.508 e. The predicted octanol–water partition coefficient (Wildman–Crippen LogP) is 1.97. The molecule has 1 aromatic carbocycles. The Morgan fingerprint density at radius 2 is 1.88 bits per heavy atom. The third-order valence-corrected chi connectivity index (χ3v) is 3.30. The highest BCUT2D eigenvalue weighted by molar-refractivity contribution is 5.85. The third kappa shape index (κ3) is 2.48. The summed E-state index contributed by atoms with van der Waals surface area (Å²) in [5.74, 6) is 0.475. The van der Waals surface area contributed by atoms with Crippen molar-refractivity contribution < 1.29 is 10.2 Å². The number of aliphatic hydroxyl groups is 1. The van der Waals surface area contributed by atoms with Gasteiger partial charge in [0.2, 0.25) is 0 Å². The molecule has 90 valence electrons. The molecule has 1 aliphatic carbocycles. The number of halogens is 1. The van der Waals surface area contributed by atoms with Crippen LogP contribution in [0.5, 0.6) is 5.75 Å². The molecule has 0 aliphatic heterocycles. The van der Waals surface area contributed by atoms with Gasteiger partial charge in [0.15, 0.2) is 0 Å². The third-order valence-electron chi connectivity index (χ3n) is 3.30. The zero-order valence-electron chi connectivity index (χ0n) is 9.04. The van der Waals surface area contributed by atoms with Gasteiger partial charge in [-0.1, -0.05) is 24.6 Å². The van der Waals surface area contributed by atoms with E-state index >= 15 is 0 Å². The van der Waals surface area contributed by atoms with Crippen molar-refractivity contribution in [2.24, 2.45) is 11.7 Å². The maximum absolute atomic E-state index is 9.98. The average molecular weight is 244 g/mol. The molecule has 0 spiro atoms. The van der Waals surface area contributed by atoms with Crippen molar-refractivity contribution in [2.75, 3.05) is 0 Å². The monoisotopic (exact) mass is 243 g/mol. The average Bonchev–Trinajstić information content (AvgIpc) is 2.15. The first kappa shape index (κ1) is 13.3. The molecular weight excluding hydrogens is 226 g/mol. The molecule has 0 saturated heterocycles. The van der Waals surface area contributed by atoms with Crippen molar-refractivity contribution in [1.82, 2.24) is 0 Å². The van der Waals surface area contributed by atoms with Gasteiger partial charge in [-0.05, 0) is 24.8 Å². The normalized spacial score (nSPS) is 19.4. The van der Waals surface area contributed by atoms with E-state index in [0.717, 1.165) is 12.8 Å². The smallest absolute Gasteiger partial charge is 0.120 e. The summed E-state index contributed by atoms with van der Waals surface area (Å²) in [6.07, 6.45) is 2.73. The number of rotatable bonds is 3. The van der Waals surface area contributed by atoms with Gasteiger partial charge in [0, 0.05) is 5.56 Å². The molecule has 0 aromatic heterocycles. The number of para-hydroxylation sites is 1. The van der Waals surface area contributed by atoms with E-state index in [1.807, 2.05) is 6.07 Å². The number of hydrogen-bond donors (Lipinski definition) is 3. The highest BCUT2D eigenvalue weighted by Crippen LogP contribution is 2.36. The number of aliphatic hydroxyl groups excluding tert-OH is 1. The summed E-state index contributed by atoms with van der Waals surface area (Å²) in [4.78, 5) is 0. The molecule has 0 unspecified atom stereocenters. The molecule has 4 heteroatoms. The number of hydrogen-bond acceptors (Lipinski definition) is 3. The van der Waals surface area contributed by atoms with E-state index in [-0.39, 0.29) is 18.2 Å². The fourth-order valence-corrected chi connectivity index (χ4v) is 2.03. The lowest BCUT2D eigenvalue weighted by Crippen LogP contribution is -2.36. The number of phenolic OH excluding ortho intramolecular Hbond substituents is 1. The molecular formula is C12H18ClNO2. The Hall–Kier alpha value is -0.770. The van der Waals surface area contributed by atoms with Gasteiger partial charge >= 0.3 is 0 Å². The Labute approximate surface area is 102 Å². The van der Waals surface area contributed by atoms with Crippen LogP contribution in [0.1, 0.15) is 30.9 Å². The van der Waals surface area contributed by atoms with Gasteiger partial charge < -0.3 is 15.9 Å². The van der Waals surface area contributed by atoms with Crippen molar-refractivity contribution in [3.63, 3.8) is 0 Å². The lowest BCUT2D eigenvalue weighted by molar-refractivity contribution is 0.0408. The minimum atomic E-state index is -0.535. The summed E-state index contributed by atoms with van der Waals surface area (Å²) in [6.45, 7) is 0. The van der Waals surface area contributed by atoms with Gasteiger partial charge in [-0.2, -0.15) is 0 Å². The Morgan fingerprint density at radius 1 is 1.25 bits per heavy atom. The molecule has 1 aliphatic rings. The van der Waals surface area contributed by atoms with Gasteiger partial charge in [-0.25, -0.2) is 0 Å². The molecule has 0 bridgehead atoms. The summed E-state index contributed by atoms with van der Waals surface area (Å²) in [6, 6.07) is 6.46. The van der Waals surface area contributed by atoms with Gasteiger partial charge in [0.25, 0.3) is 0 Å². The van der Waals surface area contributed by atoms with Crippen molar-refractivity contribution in [3.8, 4) is 5.75 Å². The molecule has 16 heavy (non-hydrogen) atoms. The van der Waals surface area contributed by atoms with Crippen LogP contribution in [0.2, 0.25) is 0 Å². The molecule has 1 saturated carbocycles. The van der Waals surface area contributed by atoms with Gasteiger partial charge in [0.05, 0.1) is 12.1 Å². The van der Waals surface area contributed by atoms with Crippen LogP contribution in [-0.2, 0) is 0 Å². The molecule has 2 rings (SSSR count). The summed E-state index contributed by atoms with van der Waals surface area (Å²) >= 11 is 0. The van der Waals surface area contributed by atoms with Crippen LogP contribution < -0.4 is 5.73 Å². The predicted molar refractivity (Wildman–Crippen MR) is 65.6 cm³/mol. The first-order valence-corrected chi connectivity index (χ1v) is 5.41. The summed E-state index contributed by atoms with van der Waals surface area (Å²) in [5, 5.41) is 19.6. The molecule has 2 atom stereocenters. The molecule has 0 amide bonds. The summed E-state index contributed by atoms with van der Waals surface area (Å²) in [7, 11) is 0. The van der Waals surface area contributed by atoms with Crippen LogP contribution in [0.3, 0.4) is 0 Å². The van der Waals surface area contributed by atoms with E-state index in [9.17, 15) is 10.2 Å². The Kier molecular flexibility index (Phi) is 4.59. The topological polar surface area (TPSA) is 66.5 Å². The van der Waals surface area contributed by atoms with Crippen molar-refractivity contribution in [1.29, 1.82) is 0 Å². The number of nitrogens with two attached hydrogens (primary N) is 1. The van der Waals surface area contributed by atoms with Crippen LogP contribution >= 0.6 is 12.4 Å². The highest BCUT2D eigenvalue weighted by Gasteiger charge is 2.31. The second-order valence-electron chi connectivity index (χ2n) is 4.27. The SMILES string of the molecule is Cl.N[C@H](c1ccccc1O)[C@@H](O)C1CCC1. The molecule has 0 heterocycles. The van der Waals surface area contributed by atoms with Gasteiger partial charge in [-0.15, -0.1) is 12.4 Å². The highest BCUT2D eigenvalue weighted by atomic mass is 35.5. The van der Waals surface area contributed by atoms with E-state index in [1.165, 1.54) is 6.42 Å². The standard InChI is InChI=1S/C12H17NO2.ClH/c13-11(12(15)8-4-3-5-8)9-6-1-2-7-10(9)14;/h1-2,6-8,11-12,14-15H,3-5,13H2;1H/t11-,12+;/m1./s1.